The Kier molecular flexibility index (Phi) is 7.61. The number of benzene rings is 6. The van der Waals surface area contributed by atoms with Gasteiger partial charge in [0.15, 0.2) is 0 Å². The first-order chi connectivity index (χ1) is 21.3. The smallest absolute Gasteiger partial charge is 0.0466 e. The van der Waals surface area contributed by atoms with Crippen LogP contribution in [0.25, 0.3) is 21.8 Å². The van der Waals surface area contributed by atoms with Crippen molar-refractivity contribution in [3.8, 4) is 0 Å². The van der Waals surface area contributed by atoms with E-state index in [4.69, 9.17) is 0 Å². The normalized spacial score (nSPS) is 11.2. The van der Waals surface area contributed by atoms with Crippen molar-refractivity contribution >= 4 is 33.2 Å². The monoisotopic (exact) mass is 557 g/mol. The second-order valence-corrected chi connectivity index (χ2v) is 11.2. The third-order valence-corrected chi connectivity index (χ3v) is 8.16. The SMILES string of the molecule is c1ccc(CN(Cc2ccccc2)c2ccc3[nH]c4ccc(N(Cc5ccccc5)Cc5ccccc5)cc4c3c2)cc1. The molecule has 1 N–H and O–H groups in total. The molecule has 7 rings (SSSR count). The minimum absolute atomic E-state index is 0.844. The van der Waals surface area contributed by atoms with E-state index in [9.17, 15) is 0 Å². The number of aromatic nitrogens is 1. The van der Waals surface area contributed by atoms with Crippen LogP contribution in [0.4, 0.5) is 11.4 Å². The van der Waals surface area contributed by atoms with Gasteiger partial charge in [-0.15, -0.1) is 0 Å². The van der Waals surface area contributed by atoms with Crippen LogP contribution in [0.1, 0.15) is 22.3 Å². The Labute approximate surface area is 253 Å². The highest BCUT2D eigenvalue weighted by molar-refractivity contribution is 6.09. The Bertz CT molecular complexity index is 1690. The van der Waals surface area contributed by atoms with Crippen LogP contribution in [0.2, 0.25) is 0 Å². The van der Waals surface area contributed by atoms with Crippen molar-refractivity contribution in [1.82, 2.24) is 4.98 Å². The predicted octanol–water partition coefficient (Wildman–Crippen LogP) is 9.73. The molecule has 0 saturated heterocycles. The highest BCUT2D eigenvalue weighted by Gasteiger charge is 2.15. The van der Waals surface area contributed by atoms with E-state index < -0.39 is 0 Å². The largest absolute Gasteiger partial charge is 0.363 e. The molecule has 6 aromatic carbocycles. The molecule has 0 aliphatic carbocycles. The summed E-state index contributed by atoms with van der Waals surface area (Å²) < 4.78 is 0. The second-order valence-electron chi connectivity index (χ2n) is 11.2. The molecule has 210 valence electrons. The molecule has 7 aromatic rings. The van der Waals surface area contributed by atoms with Crippen LogP contribution in [0.5, 0.6) is 0 Å². The minimum atomic E-state index is 0.844. The summed E-state index contributed by atoms with van der Waals surface area (Å²) in [5.41, 5.74) is 9.97. The standard InChI is InChI=1S/C40H35N3/c1-5-13-31(14-6-1)27-42(28-32-15-7-2-8-16-32)35-21-23-39-37(25-35)38-26-36(22-24-40(38)41-39)43(29-33-17-9-3-10-18-33)30-34-19-11-4-12-20-34/h1-26,41H,27-30H2. The molecule has 0 bridgehead atoms. The summed E-state index contributed by atoms with van der Waals surface area (Å²) in [5, 5.41) is 2.50. The lowest BCUT2D eigenvalue weighted by Crippen LogP contribution is -2.22. The molecule has 0 fully saturated rings. The lowest BCUT2D eigenvalue weighted by atomic mass is 10.1. The van der Waals surface area contributed by atoms with Crippen LogP contribution >= 0.6 is 0 Å². The number of anilines is 2. The molecule has 0 unspecified atom stereocenters. The Balaban J connectivity index is 1.28. The van der Waals surface area contributed by atoms with Crippen molar-refractivity contribution in [2.75, 3.05) is 9.80 Å². The van der Waals surface area contributed by atoms with Gasteiger partial charge in [-0.05, 0) is 58.7 Å². The zero-order valence-corrected chi connectivity index (χ0v) is 24.2. The van der Waals surface area contributed by atoms with E-state index in [1.807, 2.05) is 0 Å². The lowest BCUT2D eigenvalue weighted by molar-refractivity contribution is 0.800. The molecule has 43 heavy (non-hydrogen) atoms. The maximum Gasteiger partial charge on any atom is 0.0466 e. The fraction of sp³-hybridized carbons (Fsp3) is 0.100. The van der Waals surface area contributed by atoms with Crippen molar-refractivity contribution < 1.29 is 0 Å². The number of fused-ring (bicyclic) bond motifs is 3. The fourth-order valence-corrected chi connectivity index (χ4v) is 5.96. The zero-order chi connectivity index (χ0) is 28.8. The molecule has 0 radical (unpaired) electrons. The van der Waals surface area contributed by atoms with Gasteiger partial charge >= 0.3 is 0 Å². The second kappa shape index (κ2) is 12.3. The molecule has 3 heteroatoms. The van der Waals surface area contributed by atoms with E-state index in [0.29, 0.717) is 0 Å². The van der Waals surface area contributed by atoms with E-state index in [1.165, 1.54) is 44.4 Å². The van der Waals surface area contributed by atoms with Gasteiger partial charge in [-0.1, -0.05) is 121 Å². The molecule has 0 aliphatic rings. The zero-order valence-electron chi connectivity index (χ0n) is 24.2. The molecular weight excluding hydrogens is 522 g/mol. The van der Waals surface area contributed by atoms with Gasteiger partial charge in [0.1, 0.15) is 0 Å². The lowest BCUT2D eigenvalue weighted by Gasteiger charge is -2.26. The summed E-state index contributed by atoms with van der Waals surface area (Å²) in [7, 11) is 0. The maximum atomic E-state index is 3.67. The Morgan fingerprint density at radius 3 is 0.953 bits per heavy atom. The van der Waals surface area contributed by atoms with Crippen molar-refractivity contribution in [2.24, 2.45) is 0 Å². The summed E-state index contributed by atoms with van der Waals surface area (Å²) in [6, 6.07) is 56.7. The van der Waals surface area contributed by atoms with Crippen LogP contribution in [-0.4, -0.2) is 4.98 Å². The summed E-state index contributed by atoms with van der Waals surface area (Å²) in [4.78, 5) is 8.62. The van der Waals surface area contributed by atoms with Gasteiger partial charge in [-0.2, -0.15) is 0 Å². The van der Waals surface area contributed by atoms with Crippen molar-refractivity contribution in [2.45, 2.75) is 26.2 Å². The average Bonchev–Trinajstić information content (AvgIpc) is 3.43. The number of H-pyrrole nitrogens is 1. The Morgan fingerprint density at radius 1 is 0.349 bits per heavy atom. The van der Waals surface area contributed by atoms with Gasteiger partial charge in [0, 0.05) is 59.4 Å². The van der Waals surface area contributed by atoms with Crippen molar-refractivity contribution in [3.05, 3.63) is 180 Å². The highest BCUT2D eigenvalue weighted by atomic mass is 15.1. The number of aromatic amines is 1. The first kappa shape index (κ1) is 26.6. The molecule has 3 nitrogen and oxygen atoms in total. The number of hydrogen-bond acceptors (Lipinski definition) is 2. The predicted molar refractivity (Wildman–Crippen MR) is 181 cm³/mol. The third-order valence-electron chi connectivity index (χ3n) is 8.16. The summed E-state index contributed by atoms with van der Waals surface area (Å²) in [6.45, 7) is 3.38. The maximum absolute atomic E-state index is 3.67. The van der Waals surface area contributed by atoms with E-state index in [1.54, 1.807) is 0 Å². The first-order valence-corrected chi connectivity index (χ1v) is 15.0. The van der Waals surface area contributed by atoms with Gasteiger partial charge in [0.05, 0.1) is 0 Å². The summed E-state index contributed by atoms with van der Waals surface area (Å²) in [5.74, 6) is 0. The number of rotatable bonds is 10. The number of hydrogen-bond donors (Lipinski definition) is 1. The van der Waals surface area contributed by atoms with E-state index in [-0.39, 0.29) is 0 Å². The first-order valence-electron chi connectivity index (χ1n) is 15.0. The number of nitrogens with zero attached hydrogens (tertiary/aromatic N) is 2. The third kappa shape index (κ3) is 6.17. The van der Waals surface area contributed by atoms with Crippen LogP contribution in [0.3, 0.4) is 0 Å². The van der Waals surface area contributed by atoms with Gasteiger partial charge in [-0.25, -0.2) is 0 Å². The van der Waals surface area contributed by atoms with Crippen molar-refractivity contribution in [3.63, 3.8) is 0 Å². The summed E-state index contributed by atoms with van der Waals surface area (Å²) >= 11 is 0. The van der Waals surface area contributed by atoms with Crippen LogP contribution in [0, 0.1) is 0 Å². The topological polar surface area (TPSA) is 22.3 Å². The molecule has 1 heterocycles. The Hall–Kier alpha value is -5.28. The van der Waals surface area contributed by atoms with Gasteiger partial charge in [-0.3, -0.25) is 0 Å². The number of nitrogens with one attached hydrogen (secondary N) is 1. The molecule has 0 atom stereocenters. The quantitative estimate of drug-likeness (QED) is 0.181. The van der Waals surface area contributed by atoms with Gasteiger partial charge in [0.25, 0.3) is 0 Å². The molecule has 0 amide bonds. The van der Waals surface area contributed by atoms with Crippen molar-refractivity contribution in [1.29, 1.82) is 0 Å². The van der Waals surface area contributed by atoms with E-state index in [0.717, 1.165) is 37.2 Å². The van der Waals surface area contributed by atoms with E-state index in [2.05, 4.69) is 173 Å². The molecule has 0 spiro atoms. The average molecular weight is 558 g/mol. The molecule has 1 aromatic heterocycles. The Morgan fingerprint density at radius 2 is 0.651 bits per heavy atom. The fourth-order valence-electron chi connectivity index (χ4n) is 5.96. The van der Waals surface area contributed by atoms with Gasteiger partial charge < -0.3 is 14.8 Å². The molecule has 0 saturated carbocycles. The summed E-state index contributed by atoms with van der Waals surface area (Å²) in [6.07, 6.45) is 0. The van der Waals surface area contributed by atoms with E-state index >= 15 is 0 Å². The van der Waals surface area contributed by atoms with Gasteiger partial charge in [0.2, 0.25) is 0 Å². The van der Waals surface area contributed by atoms with Crippen LogP contribution in [-0.2, 0) is 26.2 Å². The molecular formula is C40H35N3. The highest BCUT2D eigenvalue weighted by Crippen LogP contribution is 2.34. The molecule has 0 aliphatic heterocycles. The van der Waals surface area contributed by atoms with Crippen LogP contribution < -0.4 is 9.80 Å². The van der Waals surface area contributed by atoms with Crippen LogP contribution in [0.15, 0.2) is 158 Å². The minimum Gasteiger partial charge on any atom is -0.363 e.